The predicted molar refractivity (Wildman–Crippen MR) is 114 cm³/mol. The minimum absolute atomic E-state index is 0.329. The van der Waals surface area contributed by atoms with E-state index in [1.54, 1.807) is 18.2 Å². The Morgan fingerprint density at radius 2 is 1.72 bits per heavy atom. The van der Waals surface area contributed by atoms with E-state index in [0.29, 0.717) is 17.5 Å². The number of hydrogen-bond donors (Lipinski definition) is 1. The van der Waals surface area contributed by atoms with Crippen molar-refractivity contribution < 1.29 is 4.39 Å². The maximum Gasteiger partial charge on any atom is 0.247 e. The average molecular weight is 390 g/mol. The number of nitrogens with zero attached hydrogens (tertiary/aromatic N) is 5. The Kier molecular flexibility index (Phi) is 6.07. The maximum absolute atomic E-state index is 13.8. The molecule has 1 aromatic heterocycles. The third kappa shape index (κ3) is 5.14. The average Bonchev–Trinajstić information content (AvgIpc) is 2.77. The minimum atomic E-state index is -0.329. The molecule has 29 heavy (non-hydrogen) atoms. The summed E-state index contributed by atoms with van der Waals surface area (Å²) >= 11 is 0. The summed E-state index contributed by atoms with van der Waals surface area (Å²) in [6, 6.07) is 16.8. The highest BCUT2D eigenvalue weighted by Gasteiger charge is 2.19. The molecule has 0 unspecified atom stereocenters. The lowest BCUT2D eigenvalue weighted by atomic mass is 10.2. The van der Waals surface area contributed by atoms with Crippen molar-refractivity contribution in [1.82, 2.24) is 20.1 Å². The lowest BCUT2D eigenvalue weighted by molar-refractivity contribution is 0.282. The van der Waals surface area contributed by atoms with E-state index in [2.05, 4.69) is 54.6 Å². The van der Waals surface area contributed by atoms with Crippen LogP contribution in [0.4, 0.5) is 21.8 Å². The SMILES string of the molecule is Fc1ccccc1Nc1cnnc(N2CCN(C/C=C/c3ccccc3)CC2)n1. The second kappa shape index (κ2) is 9.25. The molecule has 148 valence electrons. The van der Waals surface area contributed by atoms with Crippen molar-refractivity contribution in [2.45, 2.75) is 0 Å². The summed E-state index contributed by atoms with van der Waals surface area (Å²) in [6.07, 6.45) is 5.85. The standard InChI is InChI=1S/C22H23FN6/c23-19-10-4-5-11-20(19)25-21-17-24-27-22(26-21)29-15-13-28(14-16-29)12-6-9-18-7-2-1-3-8-18/h1-11,17H,12-16H2,(H,25,26,27)/b9-6+. The van der Waals surface area contributed by atoms with Gasteiger partial charge in [-0.05, 0) is 17.7 Å². The zero-order valence-corrected chi connectivity index (χ0v) is 16.1. The van der Waals surface area contributed by atoms with Crippen LogP contribution >= 0.6 is 0 Å². The molecule has 1 fully saturated rings. The molecule has 0 radical (unpaired) electrons. The zero-order chi connectivity index (χ0) is 19.9. The lowest BCUT2D eigenvalue weighted by Gasteiger charge is -2.33. The molecule has 1 aliphatic rings. The van der Waals surface area contributed by atoms with E-state index in [-0.39, 0.29) is 5.82 Å². The molecule has 0 atom stereocenters. The Labute approximate surface area is 169 Å². The van der Waals surface area contributed by atoms with E-state index in [9.17, 15) is 4.39 Å². The van der Waals surface area contributed by atoms with E-state index >= 15 is 0 Å². The molecule has 1 saturated heterocycles. The van der Waals surface area contributed by atoms with Gasteiger partial charge in [-0.3, -0.25) is 4.90 Å². The number of para-hydroxylation sites is 1. The molecule has 6 nitrogen and oxygen atoms in total. The number of nitrogens with one attached hydrogen (secondary N) is 1. The van der Waals surface area contributed by atoms with E-state index < -0.39 is 0 Å². The van der Waals surface area contributed by atoms with Gasteiger partial charge >= 0.3 is 0 Å². The molecular formula is C22H23FN6. The Bertz CT molecular complexity index is 954. The molecule has 4 rings (SSSR count). The molecule has 0 amide bonds. The van der Waals surface area contributed by atoms with Crippen LogP contribution in [0.25, 0.3) is 6.08 Å². The van der Waals surface area contributed by atoms with Gasteiger partial charge < -0.3 is 10.2 Å². The number of anilines is 3. The summed E-state index contributed by atoms with van der Waals surface area (Å²) in [7, 11) is 0. The van der Waals surface area contributed by atoms with E-state index in [1.807, 2.05) is 18.2 Å². The van der Waals surface area contributed by atoms with Gasteiger partial charge in [-0.1, -0.05) is 54.6 Å². The van der Waals surface area contributed by atoms with Crippen molar-refractivity contribution in [3.05, 3.63) is 78.3 Å². The van der Waals surface area contributed by atoms with Crippen molar-refractivity contribution in [2.24, 2.45) is 0 Å². The van der Waals surface area contributed by atoms with Crippen LogP contribution in [-0.4, -0.2) is 52.8 Å². The Hall–Kier alpha value is -3.32. The topological polar surface area (TPSA) is 57.2 Å². The number of hydrogen-bond acceptors (Lipinski definition) is 6. The number of aromatic nitrogens is 3. The molecule has 3 aromatic rings. The third-order valence-corrected chi connectivity index (χ3v) is 4.81. The Morgan fingerprint density at radius 1 is 0.966 bits per heavy atom. The van der Waals surface area contributed by atoms with Crippen LogP contribution < -0.4 is 10.2 Å². The van der Waals surface area contributed by atoms with Crippen molar-refractivity contribution >= 4 is 23.5 Å². The molecule has 2 aromatic carbocycles. The van der Waals surface area contributed by atoms with Crippen molar-refractivity contribution in [3.63, 3.8) is 0 Å². The largest absolute Gasteiger partial charge is 0.337 e. The minimum Gasteiger partial charge on any atom is -0.337 e. The van der Waals surface area contributed by atoms with Crippen LogP contribution in [0.15, 0.2) is 66.9 Å². The van der Waals surface area contributed by atoms with Gasteiger partial charge in [0.2, 0.25) is 5.95 Å². The van der Waals surface area contributed by atoms with Gasteiger partial charge in [0.25, 0.3) is 0 Å². The highest BCUT2D eigenvalue weighted by molar-refractivity contribution is 5.56. The summed E-state index contributed by atoms with van der Waals surface area (Å²) in [5, 5.41) is 11.1. The Balaban J connectivity index is 1.32. The second-order valence-corrected chi connectivity index (χ2v) is 6.85. The smallest absolute Gasteiger partial charge is 0.247 e. The van der Waals surface area contributed by atoms with Crippen LogP contribution in [0.3, 0.4) is 0 Å². The molecule has 0 spiro atoms. The zero-order valence-electron chi connectivity index (χ0n) is 16.1. The van der Waals surface area contributed by atoms with Crippen LogP contribution in [0.2, 0.25) is 0 Å². The number of benzene rings is 2. The summed E-state index contributed by atoms with van der Waals surface area (Å²) in [5.74, 6) is 0.712. The van der Waals surface area contributed by atoms with Crippen molar-refractivity contribution in [2.75, 3.05) is 42.9 Å². The van der Waals surface area contributed by atoms with E-state index in [4.69, 9.17) is 0 Å². The van der Waals surface area contributed by atoms with Gasteiger partial charge in [0.15, 0.2) is 5.82 Å². The first-order valence-electron chi connectivity index (χ1n) is 9.68. The molecule has 0 saturated carbocycles. The van der Waals surface area contributed by atoms with Gasteiger partial charge in [-0.15, -0.1) is 5.10 Å². The normalized spacial score (nSPS) is 15.0. The number of piperazine rings is 1. The number of halogens is 1. The molecule has 0 aliphatic carbocycles. The molecule has 0 bridgehead atoms. The van der Waals surface area contributed by atoms with Crippen LogP contribution in [0, 0.1) is 5.82 Å². The molecular weight excluding hydrogens is 367 g/mol. The first kappa shape index (κ1) is 19.0. The van der Waals surface area contributed by atoms with Gasteiger partial charge in [0.1, 0.15) is 5.82 Å². The first-order chi connectivity index (χ1) is 14.3. The van der Waals surface area contributed by atoms with Crippen LogP contribution in [-0.2, 0) is 0 Å². The Morgan fingerprint density at radius 3 is 2.52 bits per heavy atom. The van der Waals surface area contributed by atoms with E-state index in [0.717, 1.165) is 32.7 Å². The fraction of sp³-hybridized carbons (Fsp3) is 0.227. The second-order valence-electron chi connectivity index (χ2n) is 6.85. The van der Waals surface area contributed by atoms with E-state index in [1.165, 1.54) is 17.8 Å². The van der Waals surface area contributed by atoms with Crippen molar-refractivity contribution in [3.8, 4) is 0 Å². The summed E-state index contributed by atoms with van der Waals surface area (Å²) in [5.41, 5.74) is 1.58. The first-order valence-corrected chi connectivity index (χ1v) is 9.68. The summed E-state index contributed by atoms with van der Waals surface area (Å²) in [4.78, 5) is 9.00. The van der Waals surface area contributed by atoms with Crippen LogP contribution in [0.1, 0.15) is 5.56 Å². The maximum atomic E-state index is 13.8. The fourth-order valence-corrected chi connectivity index (χ4v) is 3.22. The van der Waals surface area contributed by atoms with Gasteiger partial charge in [-0.2, -0.15) is 10.1 Å². The van der Waals surface area contributed by atoms with Gasteiger partial charge in [-0.25, -0.2) is 4.39 Å². The monoisotopic (exact) mass is 390 g/mol. The van der Waals surface area contributed by atoms with Crippen molar-refractivity contribution in [1.29, 1.82) is 0 Å². The third-order valence-electron chi connectivity index (χ3n) is 4.81. The fourth-order valence-electron chi connectivity index (χ4n) is 3.22. The highest BCUT2D eigenvalue weighted by atomic mass is 19.1. The molecule has 1 N–H and O–H groups in total. The van der Waals surface area contributed by atoms with Gasteiger partial charge in [0.05, 0.1) is 11.9 Å². The predicted octanol–water partition coefficient (Wildman–Crippen LogP) is 3.59. The number of rotatable bonds is 6. The molecule has 7 heteroatoms. The summed E-state index contributed by atoms with van der Waals surface area (Å²) in [6.45, 7) is 4.41. The quantitative estimate of drug-likeness (QED) is 0.694. The van der Waals surface area contributed by atoms with Gasteiger partial charge in [0, 0.05) is 32.7 Å². The summed E-state index contributed by atoms with van der Waals surface area (Å²) < 4.78 is 13.8. The van der Waals surface area contributed by atoms with Crippen LogP contribution in [0.5, 0.6) is 0 Å². The lowest BCUT2D eigenvalue weighted by Crippen LogP contribution is -2.47. The highest BCUT2D eigenvalue weighted by Crippen LogP contribution is 2.19. The molecule has 1 aliphatic heterocycles. The molecule has 2 heterocycles.